The van der Waals surface area contributed by atoms with Crippen LogP contribution >= 0.6 is 0 Å². The van der Waals surface area contributed by atoms with Crippen molar-refractivity contribution < 1.29 is 4.79 Å². The minimum absolute atomic E-state index is 0.268. The summed E-state index contributed by atoms with van der Waals surface area (Å²) in [4.78, 5) is 12.5. The predicted octanol–water partition coefficient (Wildman–Crippen LogP) is 5.79. The third-order valence-corrected chi connectivity index (χ3v) is 8.89. The second-order valence-corrected chi connectivity index (χ2v) is 9.84. The van der Waals surface area contributed by atoms with Crippen LogP contribution in [0.15, 0.2) is 12.7 Å². The molecule has 1 heteroatoms. The zero-order chi connectivity index (χ0) is 16.2. The highest BCUT2D eigenvalue weighted by molar-refractivity contribution is 5.82. The fourth-order valence-electron chi connectivity index (χ4n) is 7.65. The Morgan fingerprint density at radius 1 is 1.13 bits per heavy atom. The summed E-state index contributed by atoms with van der Waals surface area (Å²) in [5, 5.41) is 0. The summed E-state index contributed by atoms with van der Waals surface area (Å²) in [7, 11) is 0. The van der Waals surface area contributed by atoms with E-state index in [1.165, 1.54) is 44.9 Å². The van der Waals surface area contributed by atoms with Gasteiger partial charge in [-0.2, -0.15) is 0 Å². The van der Waals surface area contributed by atoms with E-state index in [-0.39, 0.29) is 5.92 Å². The van der Waals surface area contributed by atoms with Gasteiger partial charge in [0.25, 0.3) is 0 Å². The molecule has 1 nitrogen and oxygen atoms in total. The Bertz CT molecular complexity index is 508. The van der Waals surface area contributed by atoms with E-state index in [2.05, 4.69) is 20.4 Å². The molecule has 4 saturated carbocycles. The first-order chi connectivity index (χ1) is 11.0. The molecule has 0 aromatic rings. The van der Waals surface area contributed by atoms with Gasteiger partial charge in [-0.25, -0.2) is 0 Å². The summed E-state index contributed by atoms with van der Waals surface area (Å²) in [6, 6.07) is 0. The lowest BCUT2D eigenvalue weighted by Gasteiger charge is -2.60. The number of rotatable bonds is 2. The van der Waals surface area contributed by atoms with E-state index in [4.69, 9.17) is 0 Å². The smallest absolute Gasteiger partial charge is 0.136 e. The van der Waals surface area contributed by atoms with Crippen LogP contribution in [0.5, 0.6) is 0 Å². The lowest BCUT2D eigenvalue weighted by Crippen LogP contribution is -2.54. The Balaban J connectivity index is 1.62. The molecule has 0 spiro atoms. The fraction of sp³-hybridized carbons (Fsp3) is 0.864. The summed E-state index contributed by atoms with van der Waals surface area (Å²) < 4.78 is 0. The molecule has 0 heterocycles. The first kappa shape index (κ1) is 15.9. The highest BCUT2D eigenvalue weighted by atomic mass is 16.1. The second-order valence-electron chi connectivity index (χ2n) is 9.84. The van der Waals surface area contributed by atoms with E-state index in [0.29, 0.717) is 22.5 Å². The van der Waals surface area contributed by atoms with Crippen LogP contribution in [0.3, 0.4) is 0 Å². The molecule has 4 fully saturated rings. The molecular weight excluding hydrogens is 280 g/mol. The highest BCUT2D eigenvalue weighted by Crippen LogP contribution is 2.66. The van der Waals surface area contributed by atoms with Crippen LogP contribution < -0.4 is 0 Å². The van der Waals surface area contributed by atoms with Crippen LogP contribution in [0.2, 0.25) is 0 Å². The average Bonchev–Trinajstić information content (AvgIpc) is 2.91. The van der Waals surface area contributed by atoms with Crippen molar-refractivity contribution in [3.05, 3.63) is 12.7 Å². The van der Waals surface area contributed by atoms with Crippen molar-refractivity contribution in [3.8, 4) is 0 Å². The summed E-state index contributed by atoms with van der Waals surface area (Å²) >= 11 is 0. The van der Waals surface area contributed by atoms with Crippen molar-refractivity contribution in [2.75, 3.05) is 0 Å². The van der Waals surface area contributed by atoms with Crippen LogP contribution in [0.4, 0.5) is 0 Å². The topological polar surface area (TPSA) is 17.1 Å². The maximum atomic E-state index is 12.5. The Morgan fingerprint density at radius 3 is 2.74 bits per heavy atom. The van der Waals surface area contributed by atoms with E-state index in [0.717, 1.165) is 37.0 Å². The number of carbonyl (C=O) groups is 1. The normalized spacial score (nSPS) is 52.4. The molecule has 4 aliphatic rings. The number of fused-ring (bicyclic) bond motifs is 5. The maximum absolute atomic E-state index is 12.5. The van der Waals surface area contributed by atoms with Gasteiger partial charge in [-0.15, -0.1) is 6.58 Å². The van der Waals surface area contributed by atoms with Gasteiger partial charge in [0.15, 0.2) is 0 Å². The summed E-state index contributed by atoms with van der Waals surface area (Å²) in [5.41, 5.74) is 1.07. The van der Waals surface area contributed by atoms with Crippen LogP contribution in [-0.2, 0) is 4.79 Å². The van der Waals surface area contributed by atoms with Crippen molar-refractivity contribution >= 4 is 5.78 Å². The molecule has 0 radical (unpaired) electrons. The number of allylic oxidation sites excluding steroid dienone is 1. The van der Waals surface area contributed by atoms with E-state index >= 15 is 0 Å². The average molecular weight is 315 g/mol. The third kappa shape index (κ3) is 2.29. The maximum Gasteiger partial charge on any atom is 0.136 e. The van der Waals surface area contributed by atoms with E-state index in [9.17, 15) is 4.79 Å². The van der Waals surface area contributed by atoms with Crippen molar-refractivity contribution in [1.29, 1.82) is 0 Å². The third-order valence-electron chi connectivity index (χ3n) is 8.89. The van der Waals surface area contributed by atoms with Crippen LogP contribution in [0.25, 0.3) is 0 Å². The first-order valence-electron chi connectivity index (χ1n) is 10.1. The van der Waals surface area contributed by atoms with E-state index < -0.39 is 0 Å². The zero-order valence-corrected chi connectivity index (χ0v) is 15.2. The van der Waals surface area contributed by atoms with Gasteiger partial charge in [0.2, 0.25) is 0 Å². The first-order valence-corrected chi connectivity index (χ1v) is 10.1. The molecule has 0 saturated heterocycles. The SMILES string of the molecule is C=CCC1C[C@@]2(C)C(CC[C@@H]3[C@H]2CC[C@]2(C)CCC[C@@H]32)CC1=O. The van der Waals surface area contributed by atoms with Gasteiger partial charge in [0.05, 0.1) is 0 Å². The number of hydrogen-bond donors (Lipinski definition) is 0. The van der Waals surface area contributed by atoms with Crippen LogP contribution in [0, 0.1) is 40.4 Å². The summed E-state index contributed by atoms with van der Waals surface area (Å²) in [6.45, 7) is 9.05. The van der Waals surface area contributed by atoms with E-state index in [1.807, 2.05) is 6.08 Å². The van der Waals surface area contributed by atoms with Gasteiger partial charge in [0.1, 0.15) is 5.78 Å². The van der Waals surface area contributed by atoms with E-state index in [1.54, 1.807) is 0 Å². The van der Waals surface area contributed by atoms with Crippen molar-refractivity contribution in [1.82, 2.24) is 0 Å². The van der Waals surface area contributed by atoms with Crippen molar-refractivity contribution in [2.45, 2.75) is 78.1 Å². The molecule has 7 atom stereocenters. The molecule has 0 bridgehead atoms. The number of ketones is 1. The van der Waals surface area contributed by atoms with Crippen LogP contribution in [-0.4, -0.2) is 5.78 Å². The standard InChI is InChI=1S/C22H34O/c1-4-6-15-14-22(3)16(13-20(15)23)8-9-17-18-7-5-11-21(18,2)12-10-19(17)22/h4,15-19H,1,5-14H2,2-3H3/t15?,16?,17-,18-,19+,21-,22-/m0/s1. The Morgan fingerprint density at radius 2 is 1.96 bits per heavy atom. The molecule has 0 aromatic heterocycles. The monoisotopic (exact) mass is 314 g/mol. The quantitative estimate of drug-likeness (QED) is 0.589. The Hall–Kier alpha value is -0.590. The van der Waals surface area contributed by atoms with Gasteiger partial charge in [0, 0.05) is 12.3 Å². The molecule has 4 aliphatic carbocycles. The Kier molecular flexibility index (Phi) is 3.78. The molecule has 2 unspecified atom stereocenters. The predicted molar refractivity (Wildman–Crippen MR) is 95.0 cm³/mol. The Labute approximate surface area is 142 Å². The fourth-order valence-corrected chi connectivity index (χ4v) is 7.65. The molecule has 4 rings (SSSR count). The van der Waals surface area contributed by atoms with Crippen LogP contribution in [0.1, 0.15) is 78.1 Å². The van der Waals surface area contributed by atoms with Gasteiger partial charge < -0.3 is 0 Å². The molecule has 23 heavy (non-hydrogen) atoms. The van der Waals surface area contributed by atoms with Gasteiger partial charge in [-0.1, -0.05) is 26.3 Å². The lowest BCUT2D eigenvalue weighted by atomic mass is 9.44. The van der Waals surface area contributed by atoms with Gasteiger partial charge in [-0.3, -0.25) is 4.79 Å². The molecule has 0 N–H and O–H groups in total. The van der Waals surface area contributed by atoms with Crippen molar-refractivity contribution in [2.24, 2.45) is 40.4 Å². The molecular formula is C22H34O. The molecule has 128 valence electrons. The van der Waals surface area contributed by atoms with Crippen molar-refractivity contribution in [3.63, 3.8) is 0 Å². The van der Waals surface area contributed by atoms with Gasteiger partial charge in [-0.05, 0) is 85.9 Å². The number of Topliss-reactive ketones (excluding diaryl/α,β-unsaturated/α-hetero) is 1. The number of carbonyl (C=O) groups excluding carboxylic acids is 1. The molecule has 0 amide bonds. The highest BCUT2D eigenvalue weighted by Gasteiger charge is 2.58. The second kappa shape index (κ2) is 5.46. The zero-order valence-electron chi connectivity index (χ0n) is 15.2. The largest absolute Gasteiger partial charge is 0.299 e. The summed E-state index contributed by atoms with van der Waals surface area (Å²) in [6.07, 6.45) is 14.9. The number of hydrogen-bond acceptors (Lipinski definition) is 1. The minimum atomic E-state index is 0.268. The minimum Gasteiger partial charge on any atom is -0.299 e. The molecule has 0 aromatic carbocycles. The lowest BCUT2D eigenvalue weighted by molar-refractivity contribution is -0.145. The summed E-state index contributed by atoms with van der Waals surface area (Å²) in [5.74, 6) is 4.29. The molecule has 0 aliphatic heterocycles. The van der Waals surface area contributed by atoms with Gasteiger partial charge >= 0.3 is 0 Å².